The largest absolute Gasteiger partial charge is 0.384 e. The van der Waals surface area contributed by atoms with Crippen molar-refractivity contribution in [2.24, 2.45) is 0 Å². The van der Waals surface area contributed by atoms with Crippen molar-refractivity contribution in [2.75, 3.05) is 0 Å². The van der Waals surface area contributed by atoms with E-state index in [2.05, 4.69) is 32.0 Å². The van der Waals surface area contributed by atoms with Gasteiger partial charge in [0.25, 0.3) is 0 Å². The summed E-state index contributed by atoms with van der Waals surface area (Å²) in [6, 6.07) is 11.0. The summed E-state index contributed by atoms with van der Waals surface area (Å²) in [7, 11) is 0. The molecule has 2 aromatic carbocycles. The van der Waals surface area contributed by atoms with Crippen molar-refractivity contribution in [3.05, 3.63) is 70.0 Å². The molecule has 2 heteroatoms. The van der Waals surface area contributed by atoms with Crippen molar-refractivity contribution in [1.82, 2.24) is 0 Å². The fraction of sp³-hybridized carbons (Fsp3) is 0.333. The summed E-state index contributed by atoms with van der Waals surface area (Å²) in [6.07, 6.45) is 1.11. The predicted octanol–water partition coefficient (Wildman–Crippen LogP) is 4.34. The lowest BCUT2D eigenvalue weighted by atomic mass is 9.92. The molecule has 0 heterocycles. The monoisotopic (exact) mass is 272 g/mol. The van der Waals surface area contributed by atoms with Crippen LogP contribution >= 0.6 is 0 Å². The number of hydrogen-bond acceptors (Lipinski definition) is 1. The lowest BCUT2D eigenvalue weighted by Gasteiger charge is -2.17. The molecule has 0 radical (unpaired) electrons. The topological polar surface area (TPSA) is 20.2 Å². The molecule has 1 atom stereocenters. The van der Waals surface area contributed by atoms with Crippen molar-refractivity contribution >= 4 is 0 Å². The summed E-state index contributed by atoms with van der Waals surface area (Å²) in [5, 5.41) is 10.6. The van der Waals surface area contributed by atoms with E-state index >= 15 is 0 Å². The van der Waals surface area contributed by atoms with Crippen molar-refractivity contribution in [1.29, 1.82) is 0 Å². The molecule has 0 aliphatic rings. The van der Waals surface area contributed by atoms with Crippen molar-refractivity contribution in [3.63, 3.8) is 0 Å². The minimum Gasteiger partial charge on any atom is -0.384 e. The van der Waals surface area contributed by atoms with Gasteiger partial charge in [-0.1, -0.05) is 44.2 Å². The van der Waals surface area contributed by atoms with Gasteiger partial charge in [-0.25, -0.2) is 4.39 Å². The van der Waals surface area contributed by atoms with E-state index in [1.807, 2.05) is 0 Å². The van der Waals surface area contributed by atoms with Crippen LogP contribution in [0, 0.1) is 12.7 Å². The van der Waals surface area contributed by atoms with Gasteiger partial charge >= 0.3 is 0 Å². The van der Waals surface area contributed by atoms with Crippen LogP contribution in [0.2, 0.25) is 0 Å². The van der Waals surface area contributed by atoms with Crippen LogP contribution in [-0.4, -0.2) is 5.11 Å². The maximum Gasteiger partial charge on any atom is 0.126 e. The summed E-state index contributed by atoms with van der Waals surface area (Å²) < 4.78 is 13.3. The SMILES string of the molecule is CCc1ccc(CC)c(C(O)c2ccc(F)c(C)c2)c1. The average molecular weight is 272 g/mol. The third-order valence-electron chi connectivity index (χ3n) is 3.79. The molecule has 0 aromatic heterocycles. The smallest absolute Gasteiger partial charge is 0.126 e. The highest BCUT2D eigenvalue weighted by molar-refractivity contribution is 5.40. The number of aliphatic hydroxyl groups is 1. The molecule has 0 bridgehead atoms. The lowest BCUT2D eigenvalue weighted by Crippen LogP contribution is -2.05. The molecule has 2 aromatic rings. The Morgan fingerprint density at radius 2 is 1.80 bits per heavy atom. The van der Waals surface area contributed by atoms with E-state index in [0.29, 0.717) is 5.56 Å². The number of aryl methyl sites for hydroxylation is 3. The van der Waals surface area contributed by atoms with Gasteiger partial charge in [0.1, 0.15) is 11.9 Å². The third kappa shape index (κ3) is 2.91. The van der Waals surface area contributed by atoms with Gasteiger partial charge < -0.3 is 5.11 Å². The molecule has 0 aliphatic heterocycles. The average Bonchev–Trinajstić information content (AvgIpc) is 2.48. The van der Waals surface area contributed by atoms with Crippen LogP contribution in [0.4, 0.5) is 4.39 Å². The van der Waals surface area contributed by atoms with Crippen LogP contribution in [0.1, 0.15) is 47.8 Å². The Morgan fingerprint density at radius 3 is 2.40 bits per heavy atom. The fourth-order valence-electron chi connectivity index (χ4n) is 2.46. The first kappa shape index (κ1) is 14.7. The van der Waals surface area contributed by atoms with Gasteiger partial charge in [-0.05, 0) is 53.6 Å². The molecule has 0 saturated heterocycles. The first-order valence-corrected chi connectivity index (χ1v) is 7.12. The number of benzene rings is 2. The Balaban J connectivity index is 2.45. The van der Waals surface area contributed by atoms with Crippen molar-refractivity contribution in [2.45, 2.75) is 39.7 Å². The Hall–Kier alpha value is -1.67. The van der Waals surface area contributed by atoms with Crippen molar-refractivity contribution < 1.29 is 9.50 Å². The number of rotatable bonds is 4. The zero-order valence-corrected chi connectivity index (χ0v) is 12.3. The molecule has 1 N–H and O–H groups in total. The first-order valence-electron chi connectivity index (χ1n) is 7.12. The molecule has 1 unspecified atom stereocenters. The summed E-state index contributed by atoms with van der Waals surface area (Å²) in [4.78, 5) is 0. The molecular weight excluding hydrogens is 251 g/mol. The fourth-order valence-corrected chi connectivity index (χ4v) is 2.46. The number of halogens is 1. The number of hydrogen-bond donors (Lipinski definition) is 1. The molecule has 106 valence electrons. The van der Waals surface area contributed by atoms with E-state index in [4.69, 9.17) is 0 Å². The van der Waals surface area contributed by atoms with E-state index in [-0.39, 0.29) is 5.82 Å². The van der Waals surface area contributed by atoms with E-state index in [0.717, 1.165) is 29.5 Å². The Kier molecular flexibility index (Phi) is 4.56. The summed E-state index contributed by atoms with van der Waals surface area (Å²) >= 11 is 0. The van der Waals surface area contributed by atoms with Gasteiger partial charge in [0, 0.05) is 0 Å². The van der Waals surface area contributed by atoms with Gasteiger partial charge in [0.15, 0.2) is 0 Å². The molecule has 0 spiro atoms. The quantitative estimate of drug-likeness (QED) is 0.877. The predicted molar refractivity (Wildman–Crippen MR) is 80.4 cm³/mol. The molecular formula is C18H21FO. The maximum atomic E-state index is 13.3. The minimum atomic E-state index is -0.698. The zero-order valence-electron chi connectivity index (χ0n) is 12.3. The van der Waals surface area contributed by atoms with Gasteiger partial charge in [-0.3, -0.25) is 0 Å². The second-order valence-corrected chi connectivity index (χ2v) is 5.15. The van der Waals surface area contributed by atoms with E-state index in [1.54, 1.807) is 19.1 Å². The zero-order chi connectivity index (χ0) is 14.7. The van der Waals surface area contributed by atoms with Gasteiger partial charge in [-0.2, -0.15) is 0 Å². The van der Waals surface area contributed by atoms with Gasteiger partial charge in [0.05, 0.1) is 0 Å². The Morgan fingerprint density at radius 1 is 1.05 bits per heavy atom. The lowest BCUT2D eigenvalue weighted by molar-refractivity contribution is 0.219. The summed E-state index contributed by atoms with van der Waals surface area (Å²) in [5.41, 5.74) is 4.57. The highest BCUT2D eigenvalue weighted by atomic mass is 19.1. The summed E-state index contributed by atoms with van der Waals surface area (Å²) in [5.74, 6) is -0.237. The maximum absolute atomic E-state index is 13.3. The Bertz CT molecular complexity index is 604. The molecule has 0 aliphatic carbocycles. The second-order valence-electron chi connectivity index (χ2n) is 5.15. The molecule has 0 fully saturated rings. The Labute approximate surface area is 120 Å². The number of aliphatic hydroxyl groups excluding tert-OH is 1. The highest BCUT2D eigenvalue weighted by Gasteiger charge is 2.15. The molecule has 0 saturated carbocycles. The summed E-state index contributed by atoms with van der Waals surface area (Å²) in [6.45, 7) is 5.89. The van der Waals surface area contributed by atoms with Gasteiger partial charge in [0.2, 0.25) is 0 Å². The standard InChI is InChI=1S/C18H21FO/c1-4-13-6-7-14(5-2)16(11-13)18(20)15-8-9-17(19)12(3)10-15/h6-11,18,20H,4-5H2,1-3H3. The van der Waals surface area contributed by atoms with E-state index in [9.17, 15) is 9.50 Å². The third-order valence-corrected chi connectivity index (χ3v) is 3.79. The van der Waals surface area contributed by atoms with Crippen LogP contribution in [-0.2, 0) is 12.8 Å². The normalized spacial score (nSPS) is 12.4. The first-order chi connectivity index (χ1) is 9.56. The van der Waals surface area contributed by atoms with E-state index < -0.39 is 6.10 Å². The molecule has 1 nitrogen and oxygen atoms in total. The van der Waals surface area contributed by atoms with Crippen LogP contribution < -0.4 is 0 Å². The highest BCUT2D eigenvalue weighted by Crippen LogP contribution is 2.27. The molecule has 2 rings (SSSR count). The van der Waals surface area contributed by atoms with Crippen LogP contribution in [0.3, 0.4) is 0 Å². The minimum absolute atomic E-state index is 0.237. The second kappa shape index (κ2) is 6.19. The van der Waals surface area contributed by atoms with E-state index in [1.165, 1.54) is 11.6 Å². The molecule has 20 heavy (non-hydrogen) atoms. The molecule has 0 amide bonds. The van der Waals surface area contributed by atoms with Crippen molar-refractivity contribution in [3.8, 4) is 0 Å². The van der Waals surface area contributed by atoms with Crippen LogP contribution in [0.25, 0.3) is 0 Å². The van der Waals surface area contributed by atoms with Crippen LogP contribution in [0.15, 0.2) is 36.4 Å². The van der Waals surface area contributed by atoms with Crippen LogP contribution in [0.5, 0.6) is 0 Å². The van der Waals surface area contributed by atoms with Gasteiger partial charge in [-0.15, -0.1) is 0 Å².